The van der Waals surface area contributed by atoms with Crippen molar-refractivity contribution in [1.29, 1.82) is 0 Å². The molecule has 0 spiro atoms. The molecule has 0 N–H and O–H groups in total. The van der Waals surface area contributed by atoms with Crippen LogP contribution in [-0.2, 0) is 9.84 Å². The van der Waals surface area contributed by atoms with Crippen molar-refractivity contribution < 1.29 is 30.4 Å². The van der Waals surface area contributed by atoms with Gasteiger partial charge < -0.3 is 0 Å². The van der Waals surface area contributed by atoms with E-state index in [0.717, 1.165) is 20.8 Å². The molecular formula is C11H11F5O2S. The van der Waals surface area contributed by atoms with Crippen LogP contribution in [0.1, 0.15) is 31.4 Å². The fourth-order valence-electron chi connectivity index (χ4n) is 1.49. The summed E-state index contributed by atoms with van der Waals surface area (Å²) in [6, 6.07) is 0. The van der Waals surface area contributed by atoms with Gasteiger partial charge in [0.2, 0.25) is 0 Å². The van der Waals surface area contributed by atoms with Crippen LogP contribution in [0.5, 0.6) is 0 Å². The van der Waals surface area contributed by atoms with Crippen LogP contribution in [0.15, 0.2) is 4.90 Å². The van der Waals surface area contributed by atoms with Crippen molar-refractivity contribution >= 4 is 9.84 Å². The van der Waals surface area contributed by atoms with Crippen LogP contribution < -0.4 is 0 Å². The molecule has 108 valence electrons. The fourth-order valence-corrected chi connectivity index (χ4v) is 2.79. The molecule has 0 radical (unpaired) electrons. The molecule has 2 nitrogen and oxygen atoms in total. The fraction of sp³-hybridized carbons (Fsp3) is 0.455. The average Bonchev–Trinajstić information content (AvgIpc) is 2.29. The molecular weight excluding hydrogens is 291 g/mol. The van der Waals surface area contributed by atoms with Crippen LogP contribution in [-0.4, -0.2) is 13.7 Å². The van der Waals surface area contributed by atoms with Gasteiger partial charge in [-0.2, -0.15) is 0 Å². The third kappa shape index (κ3) is 2.45. The minimum Gasteiger partial charge on any atom is -0.223 e. The van der Waals surface area contributed by atoms with E-state index < -0.39 is 55.0 Å². The number of hydrogen-bond acceptors (Lipinski definition) is 2. The Morgan fingerprint density at radius 2 is 1.42 bits per heavy atom. The molecule has 0 saturated heterocycles. The molecule has 1 aromatic rings. The average molecular weight is 302 g/mol. The Balaban J connectivity index is 3.93. The Labute approximate surface area is 107 Å². The number of hydrogen-bond donors (Lipinski definition) is 0. The van der Waals surface area contributed by atoms with E-state index in [4.69, 9.17) is 0 Å². The van der Waals surface area contributed by atoms with Gasteiger partial charge in [-0.1, -0.05) is 0 Å². The predicted octanol–water partition coefficient (Wildman–Crippen LogP) is 3.53. The molecule has 1 rings (SSSR count). The molecule has 0 heterocycles. The summed E-state index contributed by atoms with van der Waals surface area (Å²) in [5.41, 5.74) is -2.60. The van der Waals surface area contributed by atoms with E-state index in [0.29, 0.717) is 0 Å². The van der Waals surface area contributed by atoms with E-state index in [1.165, 1.54) is 0 Å². The summed E-state index contributed by atoms with van der Waals surface area (Å²) in [4.78, 5) is -1.60. The van der Waals surface area contributed by atoms with Gasteiger partial charge in [-0.05, 0) is 20.8 Å². The Morgan fingerprint density at radius 3 is 1.79 bits per heavy atom. The number of halogens is 5. The largest absolute Gasteiger partial charge is 0.268 e. The SMILES string of the molecule is Cc1c(F)c(F)c(S(=O)(=O)C(C)C)c(C(F)F)c1F. The number of rotatable bonds is 3. The van der Waals surface area contributed by atoms with E-state index in [1.54, 1.807) is 0 Å². The number of sulfone groups is 1. The molecule has 0 aliphatic carbocycles. The van der Waals surface area contributed by atoms with Gasteiger partial charge in [0, 0.05) is 5.56 Å². The quantitative estimate of drug-likeness (QED) is 0.632. The Kier molecular flexibility index (Phi) is 4.23. The summed E-state index contributed by atoms with van der Waals surface area (Å²) in [6.07, 6.45) is -3.57. The molecule has 0 bridgehead atoms. The van der Waals surface area contributed by atoms with Gasteiger partial charge in [0.05, 0.1) is 10.8 Å². The monoisotopic (exact) mass is 302 g/mol. The van der Waals surface area contributed by atoms with Crippen LogP contribution in [0.3, 0.4) is 0 Å². The summed E-state index contributed by atoms with van der Waals surface area (Å²) in [6.45, 7) is 2.95. The second-order valence-electron chi connectivity index (χ2n) is 4.20. The van der Waals surface area contributed by atoms with Gasteiger partial charge >= 0.3 is 0 Å². The smallest absolute Gasteiger partial charge is 0.223 e. The highest BCUT2D eigenvalue weighted by Crippen LogP contribution is 2.36. The van der Waals surface area contributed by atoms with Crippen molar-refractivity contribution in [2.24, 2.45) is 0 Å². The summed E-state index contributed by atoms with van der Waals surface area (Å²) in [7, 11) is -4.58. The highest BCUT2D eigenvalue weighted by molar-refractivity contribution is 7.92. The summed E-state index contributed by atoms with van der Waals surface area (Å²) in [5.74, 6) is -5.49. The maximum Gasteiger partial charge on any atom is 0.268 e. The topological polar surface area (TPSA) is 34.1 Å². The molecule has 0 saturated carbocycles. The lowest BCUT2D eigenvalue weighted by molar-refractivity contribution is 0.140. The molecule has 19 heavy (non-hydrogen) atoms. The molecule has 0 fully saturated rings. The normalized spacial score (nSPS) is 12.5. The predicted molar refractivity (Wildman–Crippen MR) is 58.3 cm³/mol. The van der Waals surface area contributed by atoms with E-state index in [1.807, 2.05) is 0 Å². The van der Waals surface area contributed by atoms with E-state index >= 15 is 0 Å². The summed E-state index contributed by atoms with van der Waals surface area (Å²) >= 11 is 0. The van der Waals surface area contributed by atoms with Gasteiger partial charge in [-0.3, -0.25) is 0 Å². The van der Waals surface area contributed by atoms with Crippen LogP contribution in [0.25, 0.3) is 0 Å². The molecule has 0 aromatic heterocycles. The van der Waals surface area contributed by atoms with Gasteiger partial charge in [0.1, 0.15) is 10.7 Å². The molecule has 0 amide bonds. The third-order valence-corrected chi connectivity index (χ3v) is 4.86. The van der Waals surface area contributed by atoms with Gasteiger partial charge in [0.25, 0.3) is 6.43 Å². The number of alkyl halides is 2. The Hall–Kier alpha value is -1.18. The lowest BCUT2D eigenvalue weighted by Gasteiger charge is -2.16. The van der Waals surface area contributed by atoms with E-state index in [9.17, 15) is 30.4 Å². The maximum absolute atomic E-state index is 13.7. The van der Waals surface area contributed by atoms with Crippen molar-refractivity contribution in [3.8, 4) is 0 Å². The van der Waals surface area contributed by atoms with E-state index in [2.05, 4.69) is 0 Å². The van der Waals surface area contributed by atoms with Crippen molar-refractivity contribution in [3.63, 3.8) is 0 Å². The minimum atomic E-state index is -4.58. The first-order chi connectivity index (χ1) is 8.53. The second-order valence-corrected chi connectivity index (χ2v) is 6.65. The van der Waals surface area contributed by atoms with Gasteiger partial charge in [-0.25, -0.2) is 30.4 Å². The zero-order chi connectivity index (χ0) is 15.1. The van der Waals surface area contributed by atoms with Crippen molar-refractivity contribution in [1.82, 2.24) is 0 Å². The van der Waals surface area contributed by atoms with Crippen molar-refractivity contribution in [3.05, 3.63) is 28.6 Å². The zero-order valence-electron chi connectivity index (χ0n) is 10.3. The maximum atomic E-state index is 13.7. The van der Waals surface area contributed by atoms with Crippen LogP contribution in [0.4, 0.5) is 22.0 Å². The highest BCUT2D eigenvalue weighted by Gasteiger charge is 2.36. The van der Waals surface area contributed by atoms with Gasteiger partial charge in [0.15, 0.2) is 21.5 Å². The standard InChI is InChI=1S/C11H11F5O2S/c1-4(2)19(17,18)10-6(11(15)16)7(12)5(3)8(13)9(10)14/h4,11H,1-3H3. The highest BCUT2D eigenvalue weighted by atomic mass is 32.2. The van der Waals surface area contributed by atoms with Crippen LogP contribution >= 0.6 is 0 Å². The molecule has 8 heteroatoms. The molecule has 0 atom stereocenters. The van der Waals surface area contributed by atoms with Crippen molar-refractivity contribution in [2.75, 3.05) is 0 Å². The van der Waals surface area contributed by atoms with Crippen LogP contribution in [0.2, 0.25) is 0 Å². The molecule has 0 unspecified atom stereocenters. The molecule has 0 aliphatic rings. The Bertz CT molecular complexity index is 608. The third-order valence-electron chi connectivity index (χ3n) is 2.65. The van der Waals surface area contributed by atoms with Gasteiger partial charge in [-0.15, -0.1) is 0 Å². The summed E-state index contributed by atoms with van der Waals surface area (Å²) < 4.78 is 89.8. The first-order valence-corrected chi connectivity index (χ1v) is 6.77. The minimum absolute atomic E-state index is 0.755. The molecule has 1 aromatic carbocycles. The number of benzene rings is 1. The zero-order valence-corrected chi connectivity index (χ0v) is 11.1. The molecule has 0 aliphatic heterocycles. The first-order valence-electron chi connectivity index (χ1n) is 5.22. The second kappa shape index (κ2) is 5.07. The van der Waals surface area contributed by atoms with Crippen molar-refractivity contribution in [2.45, 2.75) is 37.3 Å². The first kappa shape index (κ1) is 15.9. The Morgan fingerprint density at radius 1 is 0.947 bits per heavy atom. The summed E-state index contributed by atoms with van der Waals surface area (Å²) in [5, 5.41) is -1.29. The van der Waals surface area contributed by atoms with Crippen LogP contribution in [0, 0.1) is 24.4 Å². The van der Waals surface area contributed by atoms with E-state index in [-0.39, 0.29) is 0 Å². The lowest BCUT2D eigenvalue weighted by atomic mass is 10.1. The lowest BCUT2D eigenvalue weighted by Crippen LogP contribution is -2.20.